The monoisotopic (exact) mass is 272 g/mol. The fraction of sp³-hybridized carbons (Fsp3) is 0.333. The zero-order chi connectivity index (χ0) is 14.3. The molecule has 1 aliphatic heterocycles. The SMILES string of the molecule is C[C@@H]1CN(C(=O)c2ccc3[nH]ccc3c2)C[C@H]1C(=O)O. The lowest BCUT2D eigenvalue weighted by Crippen LogP contribution is -2.29. The predicted octanol–water partition coefficient (Wildman–Crippen LogP) is 1.96. The number of carbonyl (C=O) groups excluding carboxylic acids is 1. The highest BCUT2D eigenvalue weighted by Crippen LogP contribution is 2.25. The van der Waals surface area contributed by atoms with E-state index in [0.717, 1.165) is 10.9 Å². The van der Waals surface area contributed by atoms with Crippen molar-refractivity contribution in [3.8, 4) is 0 Å². The molecule has 2 heterocycles. The third-order valence-electron chi connectivity index (χ3n) is 4.02. The number of nitrogens with zero attached hydrogens (tertiary/aromatic N) is 1. The number of carbonyl (C=O) groups is 2. The number of nitrogens with one attached hydrogen (secondary N) is 1. The topological polar surface area (TPSA) is 73.4 Å². The predicted molar refractivity (Wildman–Crippen MR) is 74.5 cm³/mol. The van der Waals surface area contributed by atoms with Crippen molar-refractivity contribution >= 4 is 22.8 Å². The van der Waals surface area contributed by atoms with Crippen LogP contribution in [0.25, 0.3) is 10.9 Å². The van der Waals surface area contributed by atoms with E-state index >= 15 is 0 Å². The van der Waals surface area contributed by atoms with Crippen molar-refractivity contribution in [2.45, 2.75) is 6.92 Å². The Labute approximate surface area is 116 Å². The summed E-state index contributed by atoms with van der Waals surface area (Å²) in [6.07, 6.45) is 1.83. The molecule has 2 atom stereocenters. The molecule has 1 aromatic carbocycles. The maximum absolute atomic E-state index is 12.4. The van der Waals surface area contributed by atoms with Crippen molar-refractivity contribution in [1.82, 2.24) is 9.88 Å². The van der Waals surface area contributed by atoms with Gasteiger partial charge >= 0.3 is 5.97 Å². The standard InChI is InChI=1S/C15H16N2O3/c1-9-7-17(8-12(9)15(19)20)14(18)11-2-3-13-10(6-11)4-5-16-13/h2-6,9,12,16H,7-8H2,1H3,(H,19,20)/t9-,12-/m1/s1. The third-order valence-corrected chi connectivity index (χ3v) is 4.02. The molecule has 0 saturated carbocycles. The van der Waals surface area contributed by atoms with E-state index < -0.39 is 11.9 Å². The number of aromatic amines is 1. The molecule has 0 spiro atoms. The Bertz CT molecular complexity index is 677. The van der Waals surface area contributed by atoms with Crippen LogP contribution in [0.1, 0.15) is 17.3 Å². The summed E-state index contributed by atoms with van der Waals surface area (Å²) in [5.74, 6) is -1.39. The van der Waals surface area contributed by atoms with E-state index in [4.69, 9.17) is 5.11 Å². The van der Waals surface area contributed by atoms with Crippen LogP contribution in [0, 0.1) is 11.8 Å². The van der Waals surface area contributed by atoms with E-state index in [-0.39, 0.29) is 11.8 Å². The second-order valence-electron chi connectivity index (χ2n) is 5.41. The van der Waals surface area contributed by atoms with Gasteiger partial charge in [0.25, 0.3) is 5.91 Å². The second-order valence-corrected chi connectivity index (χ2v) is 5.41. The number of aliphatic carboxylic acids is 1. The van der Waals surface area contributed by atoms with Crippen LogP contribution in [-0.4, -0.2) is 40.0 Å². The molecule has 3 rings (SSSR count). The summed E-state index contributed by atoms with van der Waals surface area (Å²) in [6.45, 7) is 2.67. The van der Waals surface area contributed by atoms with E-state index in [0.29, 0.717) is 18.7 Å². The number of aromatic nitrogens is 1. The lowest BCUT2D eigenvalue weighted by Gasteiger charge is -2.16. The molecular weight excluding hydrogens is 256 g/mol. The van der Waals surface area contributed by atoms with Gasteiger partial charge in [0.05, 0.1) is 5.92 Å². The number of carboxylic acids is 1. The number of fused-ring (bicyclic) bond motifs is 1. The van der Waals surface area contributed by atoms with Gasteiger partial charge < -0.3 is 15.0 Å². The fourth-order valence-corrected chi connectivity index (χ4v) is 2.82. The van der Waals surface area contributed by atoms with Gasteiger partial charge in [0.1, 0.15) is 0 Å². The van der Waals surface area contributed by atoms with E-state index in [1.54, 1.807) is 11.0 Å². The minimum atomic E-state index is -0.825. The van der Waals surface area contributed by atoms with Gasteiger partial charge in [-0.25, -0.2) is 0 Å². The quantitative estimate of drug-likeness (QED) is 0.877. The number of benzene rings is 1. The lowest BCUT2D eigenvalue weighted by atomic mass is 9.99. The first-order chi connectivity index (χ1) is 9.56. The molecule has 20 heavy (non-hydrogen) atoms. The first kappa shape index (κ1) is 12.7. The Hall–Kier alpha value is -2.30. The van der Waals surface area contributed by atoms with Crippen LogP contribution in [-0.2, 0) is 4.79 Å². The van der Waals surface area contributed by atoms with Crippen LogP contribution >= 0.6 is 0 Å². The summed E-state index contributed by atoms with van der Waals surface area (Å²) in [4.78, 5) is 28.3. The molecule has 1 aromatic heterocycles. The molecule has 0 unspecified atom stereocenters. The summed E-state index contributed by atoms with van der Waals surface area (Å²) in [6, 6.07) is 7.41. The number of carboxylic acid groups (broad SMARTS) is 1. The molecule has 1 saturated heterocycles. The number of likely N-dealkylation sites (tertiary alicyclic amines) is 1. The van der Waals surface area contributed by atoms with E-state index in [1.807, 2.05) is 31.3 Å². The second kappa shape index (κ2) is 4.67. The number of hydrogen-bond donors (Lipinski definition) is 2. The van der Waals surface area contributed by atoms with Crippen LogP contribution in [0.3, 0.4) is 0 Å². The minimum Gasteiger partial charge on any atom is -0.481 e. The molecule has 1 aliphatic rings. The van der Waals surface area contributed by atoms with Crippen molar-refractivity contribution in [2.24, 2.45) is 11.8 Å². The smallest absolute Gasteiger partial charge is 0.308 e. The normalized spacial score (nSPS) is 22.4. The summed E-state index contributed by atoms with van der Waals surface area (Å²) < 4.78 is 0. The Morgan fingerprint density at radius 1 is 1.30 bits per heavy atom. The van der Waals surface area contributed by atoms with Gasteiger partial charge in [-0.2, -0.15) is 0 Å². The van der Waals surface area contributed by atoms with Gasteiger partial charge in [0.2, 0.25) is 0 Å². The maximum atomic E-state index is 12.4. The highest BCUT2D eigenvalue weighted by atomic mass is 16.4. The van der Waals surface area contributed by atoms with Gasteiger partial charge in [0.15, 0.2) is 0 Å². The highest BCUT2D eigenvalue weighted by molar-refractivity contribution is 5.98. The first-order valence-electron chi connectivity index (χ1n) is 6.65. The summed E-state index contributed by atoms with van der Waals surface area (Å²) >= 11 is 0. The van der Waals surface area contributed by atoms with E-state index in [1.165, 1.54) is 0 Å². The summed E-state index contributed by atoms with van der Waals surface area (Å²) in [7, 11) is 0. The number of H-pyrrole nitrogens is 1. The Morgan fingerprint density at radius 2 is 2.10 bits per heavy atom. The van der Waals surface area contributed by atoms with Crippen LogP contribution in [0.4, 0.5) is 0 Å². The average molecular weight is 272 g/mol. The Morgan fingerprint density at radius 3 is 2.80 bits per heavy atom. The third kappa shape index (κ3) is 2.05. The van der Waals surface area contributed by atoms with Crippen LogP contribution in [0.15, 0.2) is 30.5 Å². The molecule has 1 fully saturated rings. The van der Waals surface area contributed by atoms with Crippen molar-refractivity contribution < 1.29 is 14.7 Å². The van der Waals surface area contributed by atoms with Crippen molar-refractivity contribution in [3.05, 3.63) is 36.0 Å². The zero-order valence-electron chi connectivity index (χ0n) is 11.2. The summed E-state index contributed by atoms with van der Waals surface area (Å²) in [5.41, 5.74) is 1.59. The highest BCUT2D eigenvalue weighted by Gasteiger charge is 2.37. The minimum absolute atomic E-state index is 0.00700. The van der Waals surface area contributed by atoms with Gasteiger partial charge in [-0.1, -0.05) is 6.92 Å². The molecule has 1 amide bonds. The van der Waals surface area contributed by atoms with Crippen molar-refractivity contribution in [1.29, 1.82) is 0 Å². The molecule has 0 aliphatic carbocycles. The largest absolute Gasteiger partial charge is 0.481 e. The van der Waals surface area contributed by atoms with Crippen LogP contribution in [0.5, 0.6) is 0 Å². The molecule has 104 valence electrons. The van der Waals surface area contributed by atoms with Crippen molar-refractivity contribution in [2.75, 3.05) is 13.1 Å². The molecule has 5 heteroatoms. The van der Waals surface area contributed by atoms with Gasteiger partial charge in [-0.15, -0.1) is 0 Å². The molecule has 5 nitrogen and oxygen atoms in total. The first-order valence-corrected chi connectivity index (χ1v) is 6.65. The van der Waals surface area contributed by atoms with Gasteiger partial charge in [-0.05, 0) is 30.2 Å². The molecule has 2 N–H and O–H groups in total. The maximum Gasteiger partial charge on any atom is 0.308 e. The Kier molecular flexibility index (Phi) is 2.97. The lowest BCUT2D eigenvalue weighted by molar-refractivity contribution is -0.142. The van der Waals surface area contributed by atoms with Gasteiger partial charge in [-0.3, -0.25) is 9.59 Å². The number of amides is 1. The zero-order valence-corrected chi connectivity index (χ0v) is 11.2. The molecule has 2 aromatic rings. The number of hydrogen-bond acceptors (Lipinski definition) is 2. The van der Waals surface area contributed by atoms with Gasteiger partial charge in [0, 0.05) is 35.8 Å². The summed E-state index contributed by atoms with van der Waals surface area (Å²) in [5, 5.41) is 10.1. The molecular formula is C15H16N2O3. The van der Waals surface area contributed by atoms with E-state index in [2.05, 4.69) is 4.98 Å². The number of rotatable bonds is 2. The van der Waals surface area contributed by atoms with Crippen LogP contribution < -0.4 is 0 Å². The van der Waals surface area contributed by atoms with Crippen LogP contribution in [0.2, 0.25) is 0 Å². The molecule has 0 bridgehead atoms. The molecule has 0 radical (unpaired) electrons. The average Bonchev–Trinajstić information content (AvgIpc) is 3.02. The Balaban J connectivity index is 1.84. The van der Waals surface area contributed by atoms with E-state index in [9.17, 15) is 9.59 Å². The van der Waals surface area contributed by atoms with Crippen molar-refractivity contribution in [3.63, 3.8) is 0 Å². The fourth-order valence-electron chi connectivity index (χ4n) is 2.82.